The molecule has 1 unspecified atom stereocenters. The summed E-state index contributed by atoms with van der Waals surface area (Å²) in [6, 6.07) is 0. The molecule has 2 heterocycles. The summed E-state index contributed by atoms with van der Waals surface area (Å²) in [5.41, 5.74) is 1.25. The smallest absolute Gasteiger partial charge is 0.0946 e. The third kappa shape index (κ3) is 1.98. The van der Waals surface area contributed by atoms with Crippen molar-refractivity contribution in [2.75, 3.05) is 13.1 Å². The maximum atomic E-state index is 4.43. The van der Waals surface area contributed by atoms with Gasteiger partial charge in [-0.2, -0.15) is 0 Å². The van der Waals surface area contributed by atoms with Crippen LogP contribution in [0.4, 0.5) is 0 Å². The molecule has 0 aromatic carbocycles. The van der Waals surface area contributed by atoms with Crippen molar-refractivity contribution in [1.82, 2.24) is 14.9 Å². The second kappa shape index (κ2) is 4.13. The minimum atomic E-state index is 0.610. The predicted octanol–water partition coefficient (Wildman–Crippen LogP) is 1.52. The van der Waals surface area contributed by atoms with E-state index in [4.69, 9.17) is 0 Å². The Balaban J connectivity index is 2.03. The summed E-state index contributed by atoms with van der Waals surface area (Å²) >= 11 is 0. The lowest BCUT2D eigenvalue weighted by Crippen LogP contribution is -2.30. The number of piperidine rings is 1. The Morgan fingerprint density at radius 2 is 2.21 bits per heavy atom. The van der Waals surface area contributed by atoms with Crippen molar-refractivity contribution in [2.24, 2.45) is 13.0 Å². The van der Waals surface area contributed by atoms with Crippen LogP contribution in [0.2, 0.25) is 0 Å². The summed E-state index contributed by atoms with van der Waals surface area (Å²) in [5, 5.41) is 3.40. The molecule has 2 rings (SSSR count). The molecule has 1 saturated heterocycles. The second-order valence-corrected chi connectivity index (χ2v) is 4.34. The van der Waals surface area contributed by atoms with Gasteiger partial charge in [0.05, 0.1) is 12.0 Å². The van der Waals surface area contributed by atoms with Crippen molar-refractivity contribution in [1.29, 1.82) is 0 Å². The van der Waals surface area contributed by atoms with Gasteiger partial charge in [-0.25, -0.2) is 4.98 Å². The van der Waals surface area contributed by atoms with Crippen LogP contribution in [-0.2, 0) is 7.05 Å². The molecule has 1 aromatic rings. The topological polar surface area (TPSA) is 29.9 Å². The van der Waals surface area contributed by atoms with E-state index < -0.39 is 0 Å². The minimum Gasteiger partial charge on any atom is -0.340 e. The zero-order valence-corrected chi connectivity index (χ0v) is 9.03. The Morgan fingerprint density at radius 3 is 2.79 bits per heavy atom. The Hall–Kier alpha value is -0.830. The lowest BCUT2D eigenvalue weighted by atomic mass is 9.84. The van der Waals surface area contributed by atoms with Crippen LogP contribution in [0, 0.1) is 5.92 Å². The highest BCUT2D eigenvalue weighted by atomic mass is 15.0. The standard InChI is InChI=1S/C11H19N3/c1-9(10-3-5-12-6-4-10)11-7-14(2)8-13-11/h7-10,12H,3-6H2,1-2H3. The van der Waals surface area contributed by atoms with Crippen LogP contribution in [-0.4, -0.2) is 22.6 Å². The average Bonchev–Trinajstić information content (AvgIpc) is 2.65. The van der Waals surface area contributed by atoms with Crippen molar-refractivity contribution in [2.45, 2.75) is 25.7 Å². The molecule has 0 amide bonds. The molecule has 0 aliphatic carbocycles. The molecule has 0 bridgehead atoms. The van der Waals surface area contributed by atoms with Gasteiger partial charge in [-0.3, -0.25) is 0 Å². The fourth-order valence-electron chi connectivity index (χ4n) is 2.25. The highest BCUT2D eigenvalue weighted by Gasteiger charge is 2.22. The number of aryl methyl sites for hydroxylation is 1. The molecule has 3 nitrogen and oxygen atoms in total. The third-order valence-electron chi connectivity index (χ3n) is 3.28. The number of rotatable bonds is 2. The number of hydrogen-bond donors (Lipinski definition) is 1. The molecule has 0 radical (unpaired) electrons. The largest absolute Gasteiger partial charge is 0.340 e. The minimum absolute atomic E-state index is 0.610. The summed E-state index contributed by atoms with van der Waals surface area (Å²) in [6.07, 6.45) is 6.62. The quantitative estimate of drug-likeness (QED) is 0.772. The first-order valence-electron chi connectivity index (χ1n) is 5.46. The monoisotopic (exact) mass is 193 g/mol. The second-order valence-electron chi connectivity index (χ2n) is 4.34. The molecule has 1 atom stereocenters. The van der Waals surface area contributed by atoms with Gasteiger partial charge in [0.15, 0.2) is 0 Å². The summed E-state index contributed by atoms with van der Waals surface area (Å²) < 4.78 is 2.03. The molecule has 0 spiro atoms. The van der Waals surface area contributed by atoms with Gasteiger partial charge in [0.25, 0.3) is 0 Å². The van der Waals surface area contributed by atoms with E-state index in [-0.39, 0.29) is 0 Å². The Labute approximate surface area is 85.5 Å². The average molecular weight is 193 g/mol. The number of imidazole rings is 1. The zero-order valence-electron chi connectivity index (χ0n) is 9.03. The Kier molecular flexibility index (Phi) is 2.87. The molecule has 0 saturated carbocycles. The van der Waals surface area contributed by atoms with Crippen molar-refractivity contribution in [3.63, 3.8) is 0 Å². The van der Waals surface area contributed by atoms with Gasteiger partial charge in [-0.1, -0.05) is 6.92 Å². The first kappa shape index (κ1) is 9.71. The van der Waals surface area contributed by atoms with Gasteiger partial charge in [0, 0.05) is 19.2 Å². The van der Waals surface area contributed by atoms with Crippen LogP contribution in [0.25, 0.3) is 0 Å². The van der Waals surface area contributed by atoms with Gasteiger partial charge in [0.1, 0.15) is 0 Å². The normalized spacial score (nSPS) is 21.0. The van der Waals surface area contributed by atoms with Gasteiger partial charge in [-0.15, -0.1) is 0 Å². The number of nitrogens with one attached hydrogen (secondary N) is 1. The van der Waals surface area contributed by atoms with Gasteiger partial charge in [0.2, 0.25) is 0 Å². The molecule has 78 valence electrons. The zero-order chi connectivity index (χ0) is 9.97. The van der Waals surface area contributed by atoms with Crippen LogP contribution in [0.3, 0.4) is 0 Å². The highest BCUT2D eigenvalue weighted by molar-refractivity contribution is 5.05. The van der Waals surface area contributed by atoms with Crippen molar-refractivity contribution < 1.29 is 0 Å². The third-order valence-corrected chi connectivity index (χ3v) is 3.28. The van der Waals surface area contributed by atoms with E-state index in [1.807, 2.05) is 17.9 Å². The lowest BCUT2D eigenvalue weighted by molar-refractivity contribution is 0.327. The summed E-state index contributed by atoms with van der Waals surface area (Å²) in [6.45, 7) is 4.64. The maximum absolute atomic E-state index is 4.43. The van der Waals surface area contributed by atoms with Crippen LogP contribution in [0.5, 0.6) is 0 Å². The van der Waals surface area contributed by atoms with E-state index in [2.05, 4.69) is 23.4 Å². The highest BCUT2D eigenvalue weighted by Crippen LogP contribution is 2.29. The van der Waals surface area contributed by atoms with Crippen LogP contribution in [0.1, 0.15) is 31.4 Å². The number of nitrogens with zero attached hydrogens (tertiary/aromatic N) is 2. The Bertz CT molecular complexity index is 286. The van der Waals surface area contributed by atoms with E-state index in [9.17, 15) is 0 Å². The van der Waals surface area contributed by atoms with E-state index >= 15 is 0 Å². The van der Waals surface area contributed by atoms with E-state index in [0.717, 1.165) is 5.92 Å². The molecular weight excluding hydrogens is 174 g/mol. The van der Waals surface area contributed by atoms with E-state index in [1.54, 1.807) is 0 Å². The van der Waals surface area contributed by atoms with Crippen LogP contribution >= 0.6 is 0 Å². The van der Waals surface area contributed by atoms with Gasteiger partial charge in [-0.05, 0) is 31.8 Å². The Morgan fingerprint density at radius 1 is 1.50 bits per heavy atom. The lowest BCUT2D eigenvalue weighted by Gasteiger charge is -2.27. The number of aromatic nitrogens is 2. The first-order valence-corrected chi connectivity index (χ1v) is 5.46. The number of hydrogen-bond acceptors (Lipinski definition) is 2. The molecule has 1 aliphatic rings. The predicted molar refractivity (Wildman–Crippen MR) is 57.2 cm³/mol. The summed E-state index contributed by atoms with van der Waals surface area (Å²) in [7, 11) is 2.03. The molecule has 1 aliphatic heterocycles. The van der Waals surface area contributed by atoms with Crippen molar-refractivity contribution in [3.05, 3.63) is 18.2 Å². The summed E-state index contributed by atoms with van der Waals surface area (Å²) in [4.78, 5) is 4.43. The van der Waals surface area contributed by atoms with Crippen LogP contribution < -0.4 is 5.32 Å². The molecule has 14 heavy (non-hydrogen) atoms. The van der Waals surface area contributed by atoms with E-state index in [0.29, 0.717) is 5.92 Å². The molecule has 1 N–H and O–H groups in total. The van der Waals surface area contributed by atoms with E-state index in [1.165, 1.54) is 31.6 Å². The molecule has 3 heteroatoms. The summed E-state index contributed by atoms with van der Waals surface area (Å²) in [5.74, 6) is 1.42. The fourth-order valence-corrected chi connectivity index (χ4v) is 2.25. The van der Waals surface area contributed by atoms with Crippen molar-refractivity contribution >= 4 is 0 Å². The van der Waals surface area contributed by atoms with Gasteiger partial charge < -0.3 is 9.88 Å². The van der Waals surface area contributed by atoms with Crippen molar-refractivity contribution in [3.8, 4) is 0 Å². The molecule has 1 aromatic heterocycles. The first-order chi connectivity index (χ1) is 6.77. The SMILES string of the molecule is CC(c1cn(C)cn1)C1CCNCC1. The van der Waals surface area contributed by atoms with Gasteiger partial charge >= 0.3 is 0 Å². The molecular formula is C11H19N3. The maximum Gasteiger partial charge on any atom is 0.0946 e. The fraction of sp³-hybridized carbons (Fsp3) is 0.727. The molecule has 1 fully saturated rings. The van der Waals surface area contributed by atoms with Crippen LogP contribution in [0.15, 0.2) is 12.5 Å².